The first-order chi connectivity index (χ1) is 15.2. The van der Waals surface area contributed by atoms with Crippen molar-refractivity contribution in [2.24, 2.45) is 0 Å². The summed E-state index contributed by atoms with van der Waals surface area (Å²) in [6.07, 6.45) is 1.44. The Hall–Kier alpha value is -4.27. The highest BCUT2D eigenvalue weighted by Gasteiger charge is 2.38. The number of ether oxygens (including phenoxy) is 1. The zero-order chi connectivity index (χ0) is 23.4. The van der Waals surface area contributed by atoms with E-state index in [1.807, 2.05) is 24.4 Å². The molecule has 9 nitrogen and oxygen atoms in total. The Morgan fingerprint density at radius 2 is 1.75 bits per heavy atom. The number of esters is 1. The Morgan fingerprint density at radius 3 is 2.47 bits per heavy atom. The summed E-state index contributed by atoms with van der Waals surface area (Å²) in [6.45, 7) is 6.55. The predicted octanol–water partition coefficient (Wildman–Crippen LogP) is 2.27. The van der Waals surface area contributed by atoms with Gasteiger partial charge in [-0.3, -0.25) is 19.7 Å². The summed E-state index contributed by atoms with van der Waals surface area (Å²) < 4.78 is 4.90. The van der Waals surface area contributed by atoms with Gasteiger partial charge in [-0.05, 0) is 49.2 Å². The van der Waals surface area contributed by atoms with Gasteiger partial charge < -0.3 is 10.1 Å². The van der Waals surface area contributed by atoms with Crippen LogP contribution in [0.1, 0.15) is 42.2 Å². The van der Waals surface area contributed by atoms with Crippen LogP contribution >= 0.6 is 0 Å². The smallest absolute Gasteiger partial charge is 0.338 e. The summed E-state index contributed by atoms with van der Waals surface area (Å²) in [6, 6.07) is 8.67. The molecular weight excluding hydrogens is 414 g/mol. The van der Waals surface area contributed by atoms with Gasteiger partial charge in [0.2, 0.25) is 0 Å². The average Bonchev–Trinajstić information content (AvgIpc) is 3.01. The van der Waals surface area contributed by atoms with E-state index in [1.54, 1.807) is 13.0 Å². The molecule has 0 aromatic heterocycles. The van der Waals surface area contributed by atoms with Crippen molar-refractivity contribution in [1.82, 2.24) is 10.6 Å². The molecule has 1 heterocycles. The predicted molar refractivity (Wildman–Crippen MR) is 116 cm³/mol. The van der Waals surface area contributed by atoms with E-state index in [9.17, 15) is 24.0 Å². The Labute approximate surface area is 184 Å². The van der Waals surface area contributed by atoms with Crippen LogP contribution in [-0.4, -0.2) is 42.9 Å². The molecule has 1 aliphatic rings. The fraction of sp³-hybridized carbons (Fsp3) is 0.174. The highest BCUT2D eigenvalue weighted by Crippen LogP contribution is 2.31. The third-order valence-electron chi connectivity index (χ3n) is 4.72. The number of carbonyl (C=O) groups is 5. The van der Waals surface area contributed by atoms with Gasteiger partial charge in [0.1, 0.15) is 0 Å². The van der Waals surface area contributed by atoms with Crippen LogP contribution in [0.3, 0.4) is 0 Å². The lowest BCUT2D eigenvalue weighted by Gasteiger charge is -2.17. The number of anilines is 1. The largest absolute Gasteiger partial charge is 0.452 e. The summed E-state index contributed by atoms with van der Waals surface area (Å²) >= 11 is 0. The second-order valence-electron chi connectivity index (χ2n) is 7.12. The number of nitrogens with one attached hydrogen (secondary N) is 2. The molecule has 0 unspecified atom stereocenters. The van der Waals surface area contributed by atoms with Gasteiger partial charge in [0.15, 0.2) is 6.61 Å². The summed E-state index contributed by atoms with van der Waals surface area (Å²) in [5, 5.41) is 4.33. The molecule has 3 rings (SSSR count). The average molecular weight is 435 g/mol. The second kappa shape index (κ2) is 9.25. The van der Waals surface area contributed by atoms with Gasteiger partial charge in [0.25, 0.3) is 17.7 Å². The molecule has 0 atom stereocenters. The minimum Gasteiger partial charge on any atom is -0.452 e. The van der Waals surface area contributed by atoms with Gasteiger partial charge in [-0.1, -0.05) is 18.2 Å². The van der Waals surface area contributed by atoms with Crippen LogP contribution in [0.15, 0.2) is 49.1 Å². The Bertz CT molecular complexity index is 1150. The first-order valence-corrected chi connectivity index (χ1v) is 9.68. The quantitative estimate of drug-likeness (QED) is 0.408. The van der Waals surface area contributed by atoms with E-state index >= 15 is 0 Å². The normalized spacial score (nSPS) is 12.2. The SMILES string of the molecule is C=CCNC(=O)NC(=O)COC(=O)c1ccc2c(c1)C(=O)N(c1cc(C)ccc1C)C2=O. The number of rotatable bonds is 6. The first-order valence-electron chi connectivity index (χ1n) is 9.68. The molecule has 2 N–H and O–H groups in total. The molecule has 5 amide bonds. The van der Waals surface area contributed by atoms with E-state index in [0.29, 0.717) is 5.69 Å². The number of urea groups is 1. The van der Waals surface area contributed by atoms with Crippen LogP contribution in [0.5, 0.6) is 0 Å². The maximum absolute atomic E-state index is 13.0. The summed E-state index contributed by atoms with van der Waals surface area (Å²) in [5.74, 6) is -2.73. The Balaban J connectivity index is 1.72. The molecule has 164 valence electrons. The van der Waals surface area contributed by atoms with Crippen LogP contribution in [-0.2, 0) is 9.53 Å². The maximum Gasteiger partial charge on any atom is 0.338 e. The molecule has 0 fully saturated rings. The number of aryl methyl sites for hydroxylation is 2. The van der Waals surface area contributed by atoms with Crippen molar-refractivity contribution in [2.45, 2.75) is 13.8 Å². The number of amides is 5. The van der Waals surface area contributed by atoms with E-state index in [1.165, 1.54) is 24.3 Å². The van der Waals surface area contributed by atoms with E-state index < -0.39 is 36.3 Å². The molecule has 1 aliphatic heterocycles. The lowest BCUT2D eigenvalue weighted by molar-refractivity contribution is -0.123. The van der Waals surface area contributed by atoms with Crippen LogP contribution in [0.4, 0.5) is 10.5 Å². The van der Waals surface area contributed by atoms with Crippen molar-refractivity contribution in [3.8, 4) is 0 Å². The number of imide groups is 2. The van der Waals surface area contributed by atoms with E-state index in [-0.39, 0.29) is 23.2 Å². The van der Waals surface area contributed by atoms with Gasteiger partial charge in [-0.15, -0.1) is 6.58 Å². The van der Waals surface area contributed by atoms with Gasteiger partial charge in [-0.25, -0.2) is 14.5 Å². The molecule has 0 spiro atoms. The minimum atomic E-state index is -0.875. The molecule has 0 bridgehead atoms. The fourth-order valence-electron chi connectivity index (χ4n) is 3.13. The zero-order valence-corrected chi connectivity index (χ0v) is 17.6. The number of nitrogens with zero attached hydrogens (tertiary/aromatic N) is 1. The minimum absolute atomic E-state index is 0.00313. The highest BCUT2D eigenvalue weighted by molar-refractivity contribution is 6.35. The topological polar surface area (TPSA) is 122 Å². The van der Waals surface area contributed by atoms with Gasteiger partial charge in [-0.2, -0.15) is 0 Å². The monoisotopic (exact) mass is 435 g/mol. The van der Waals surface area contributed by atoms with Gasteiger partial charge in [0, 0.05) is 6.54 Å². The first kappa shape index (κ1) is 22.4. The third-order valence-corrected chi connectivity index (χ3v) is 4.72. The standard InChI is InChI=1S/C23H21N3O6/c1-4-9-24-23(31)25-19(27)12-32-22(30)15-7-8-16-17(11-15)21(29)26(20(16)28)18-10-13(2)5-6-14(18)3/h4-8,10-11H,1,9,12H2,2-3H3,(H2,24,25,27,31). The molecule has 0 aliphatic carbocycles. The lowest BCUT2D eigenvalue weighted by atomic mass is 10.1. The van der Waals surface area contributed by atoms with E-state index in [0.717, 1.165) is 16.0 Å². The summed E-state index contributed by atoms with van der Waals surface area (Å²) in [7, 11) is 0. The Kier molecular flexibility index (Phi) is 6.48. The molecule has 32 heavy (non-hydrogen) atoms. The van der Waals surface area contributed by atoms with E-state index in [4.69, 9.17) is 4.74 Å². The van der Waals surface area contributed by atoms with E-state index in [2.05, 4.69) is 11.9 Å². The fourth-order valence-corrected chi connectivity index (χ4v) is 3.13. The van der Waals surface area contributed by atoms with Crippen molar-refractivity contribution in [2.75, 3.05) is 18.1 Å². The van der Waals surface area contributed by atoms with Gasteiger partial charge in [0.05, 0.1) is 22.4 Å². The maximum atomic E-state index is 13.0. The lowest BCUT2D eigenvalue weighted by Crippen LogP contribution is -2.41. The zero-order valence-electron chi connectivity index (χ0n) is 17.6. The second-order valence-corrected chi connectivity index (χ2v) is 7.12. The van der Waals surface area contributed by atoms with Crippen LogP contribution in [0, 0.1) is 13.8 Å². The molecule has 0 saturated carbocycles. The Morgan fingerprint density at radius 1 is 1.03 bits per heavy atom. The molecule has 9 heteroatoms. The highest BCUT2D eigenvalue weighted by atomic mass is 16.5. The van der Waals surface area contributed by atoms with Crippen LogP contribution < -0.4 is 15.5 Å². The molecular formula is C23H21N3O6. The van der Waals surface area contributed by atoms with Crippen molar-refractivity contribution in [3.63, 3.8) is 0 Å². The molecule has 0 saturated heterocycles. The number of fused-ring (bicyclic) bond motifs is 1. The van der Waals surface area contributed by atoms with Crippen LogP contribution in [0.25, 0.3) is 0 Å². The van der Waals surface area contributed by atoms with Gasteiger partial charge >= 0.3 is 12.0 Å². The number of benzene rings is 2. The molecule has 2 aromatic rings. The number of hydrogen-bond acceptors (Lipinski definition) is 6. The molecule has 2 aromatic carbocycles. The van der Waals surface area contributed by atoms with Crippen molar-refractivity contribution in [3.05, 3.63) is 76.9 Å². The summed E-state index contributed by atoms with van der Waals surface area (Å²) in [5.41, 5.74) is 2.36. The van der Waals surface area contributed by atoms with Crippen molar-refractivity contribution in [1.29, 1.82) is 0 Å². The van der Waals surface area contributed by atoms with Crippen LogP contribution in [0.2, 0.25) is 0 Å². The van der Waals surface area contributed by atoms with Crippen molar-refractivity contribution < 1.29 is 28.7 Å². The summed E-state index contributed by atoms with van der Waals surface area (Å²) in [4.78, 5) is 62.3. The van der Waals surface area contributed by atoms with Crippen molar-refractivity contribution >= 4 is 35.4 Å². The number of hydrogen-bond donors (Lipinski definition) is 2. The number of carbonyl (C=O) groups excluding carboxylic acids is 5. The third kappa shape index (κ3) is 4.56. The molecule has 0 radical (unpaired) electrons.